The Hall–Kier alpha value is -6.30. The monoisotopic (exact) mass is 881 g/mol. The van der Waals surface area contributed by atoms with E-state index in [2.05, 4.69) is 50.2 Å². The summed E-state index contributed by atoms with van der Waals surface area (Å²) < 4.78 is 18.7. The molecule has 2 atom stereocenters. The zero-order valence-electron chi connectivity index (χ0n) is 36.4. The fourth-order valence-electron chi connectivity index (χ4n) is 11.0. The number of amides is 3. The van der Waals surface area contributed by atoms with E-state index in [0.29, 0.717) is 77.8 Å². The van der Waals surface area contributed by atoms with E-state index in [-0.39, 0.29) is 48.9 Å². The first kappa shape index (κ1) is 41.4. The molecule has 1 aliphatic carbocycles. The molecule has 8 heterocycles. The van der Waals surface area contributed by atoms with Gasteiger partial charge in [-0.15, -0.1) is 6.58 Å². The molecule has 65 heavy (non-hydrogen) atoms. The Labute approximate surface area is 374 Å². The zero-order chi connectivity index (χ0) is 44.7. The van der Waals surface area contributed by atoms with Crippen molar-refractivity contribution in [2.45, 2.75) is 102 Å². The van der Waals surface area contributed by atoms with Gasteiger partial charge in [0, 0.05) is 81.8 Å². The second kappa shape index (κ2) is 16.0. The lowest BCUT2D eigenvalue weighted by molar-refractivity contribution is -0.136. The number of pyridine rings is 1. The highest BCUT2D eigenvalue weighted by Gasteiger charge is 2.42. The Morgan fingerprint density at radius 1 is 0.908 bits per heavy atom. The second-order valence-electron chi connectivity index (χ2n) is 18.5. The van der Waals surface area contributed by atoms with Crippen LogP contribution in [0.25, 0.3) is 16.9 Å². The summed E-state index contributed by atoms with van der Waals surface area (Å²) in [5, 5.41) is 17.4. The summed E-state index contributed by atoms with van der Waals surface area (Å²) in [7, 11) is 0. The molecule has 0 saturated carbocycles. The van der Waals surface area contributed by atoms with E-state index in [4.69, 9.17) is 9.97 Å². The van der Waals surface area contributed by atoms with Gasteiger partial charge in [0.1, 0.15) is 22.8 Å². The van der Waals surface area contributed by atoms with Crippen molar-refractivity contribution >= 4 is 46.1 Å². The number of aryl methyl sites for hydroxylation is 1. The van der Waals surface area contributed by atoms with Crippen LogP contribution >= 0.6 is 0 Å². The van der Waals surface area contributed by atoms with Crippen LogP contribution in [0.2, 0.25) is 0 Å². The first-order valence-corrected chi connectivity index (χ1v) is 22.9. The summed E-state index contributed by atoms with van der Waals surface area (Å²) in [6.07, 6.45) is 8.63. The molecule has 3 amide bonds. The number of aliphatic hydroxyl groups is 1. The van der Waals surface area contributed by atoms with E-state index in [1.165, 1.54) is 22.1 Å². The van der Waals surface area contributed by atoms with Gasteiger partial charge < -0.3 is 20.2 Å². The Balaban J connectivity index is 0.728. The topological polar surface area (TPSA) is 174 Å². The molecule has 3 N–H and O–H groups in total. The Morgan fingerprint density at radius 2 is 1.72 bits per heavy atom. The maximum absolute atomic E-state index is 15.5. The van der Waals surface area contributed by atoms with E-state index < -0.39 is 23.4 Å². The van der Waals surface area contributed by atoms with Crippen LogP contribution in [0.1, 0.15) is 83.8 Å². The van der Waals surface area contributed by atoms with Gasteiger partial charge in [-0.3, -0.25) is 34.3 Å². The van der Waals surface area contributed by atoms with Crippen LogP contribution in [0, 0.1) is 5.82 Å². The normalized spacial score (nSPS) is 22.8. The van der Waals surface area contributed by atoms with Gasteiger partial charge in [-0.25, -0.2) is 23.7 Å². The molecule has 2 aromatic carbocycles. The number of carbonyl (C=O) groups excluding carboxylic acids is 3. The molecule has 3 aromatic heterocycles. The molecule has 1 unspecified atom stereocenters. The minimum absolute atomic E-state index is 0.173. The number of piperidine rings is 2. The SMILES string of the molecule is C=CCn1c(=O)c2cnc(Nc3ccc4c(c3)CN(C3CCN(C5CN(c6cc7c(cc6F)C(=O)N(C6CCC(=O)NC6=O)C7)C5)CC3)CC4)nc2n1-c1ccc2c(n1)[C@@](O)(CC)CC2. The molecule has 11 rings (SSSR count). The average Bonchev–Trinajstić information content (AvgIpc) is 3.90. The molecule has 3 fully saturated rings. The fraction of sp³-hybridized carbons (Fsp3) is 0.438. The van der Waals surface area contributed by atoms with Crippen molar-refractivity contribution in [3.05, 3.63) is 111 Å². The van der Waals surface area contributed by atoms with Gasteiger partial charge in [0.15, 0.2) is 11.5 Å². The molecule has 336 valence electrons. The van der Waals surface area contributed by atoms with E-state index >= 15 is 4.39 Å². The van der Waals surface area contributed by atoms with Crippen LogP contribution in [0.3, 0.4) is 0 Å². The molecule has 16 nitrogen and oxygen atoms in total. The first-order chi connectivity index (χ1) is 31.5. The third-order valence-corrected chi connectivity index (χ3v) is 14.8. The van der Waals surface area contributed by atoms with Crippen molar-refractivity contribution in [2.75, 3.05) is 42.9 Å². The molecule has 5 aromatic rings. The lowest BCUT2D eigenvalue weighted by Gasteiger charge is -2.50. The summed E-state index contributed by atoms with van der Waals surface area (Å²) in [6, 6.07) is 13.4. The number of fused-ring (bicyclic) bond motifs is 4. The number of halogens is 1. The number of imide groups is 1. The summed E-state index contributed by atoms with van der Waals surface area (Å²) >= 11 is 0. The van der Waals surface area contributed by atoms with E-state index in [0.717, 1.165) is 63.1 Å². The quantitative estimate of drug-likeness (QED) is 0.136. The van der Waals surface area contributed by atoms with Crippen molar-refractivity contribution in [3.63, 3.8) is 0 Å². The summed E-state index contributed by atoms with van der Waals surface area (Å²) in [5.74, 6) is -0.767. The Morgan fingerprint density at radius 3 is 2.51 bits per heavy atom. The Bertz CT molecular complexity index is 2860. The summed E-state index contributed by atoms with van der Waals surface area (Å²) in [5.41, 5.74) is 5.75. The highest BCUT2D eigenvalue weighted by molar-refractivity contribution is 6.05. The minimum atomic E-state index is -1.01. The number of hydrogen-bond acceptors (Lipinski definition) is 12. The van der Waals surface area contributed by atoms with Crippen LogP contribution in [0.15, 0.2) is 66.1 Å². The number of likely N-dealkylation sites (tertiary alicyclic amines) is 1. The van der Waals surface area contributed by atoms with Crippen molar-refractivity contribution in [2.24, 2.45) is 0 Å². The number of aromatic nitrogens is 5. The fourth-order valence-corrected chi connectivity index (χ4v) is 11.0. The van der Waals surface area contributed by atoms with Crippen molar-refractivity contribution in [1.29, 1.82) is 0 Å². The lowest BCUT2D eigenvalue weighted by atomic mass is 9.93. The molecule has 0 spiro atoms. The molecule has 6 aliphatic rings. The second-order valence-corrected chi connectivity index (χ2v) is 18.5. The molecular weight excluding hydrogens is 830 g/mol. The molecule has 17 heteroatoms. The third kappa shape index (κ3) is 7.11. The summed E-state index contributed by atoms with van der Waals surface area (Å²) in [4.78, 5) is 73.9. The Kier molecular flexibility index (Phi) is 10.2. The van der Waals surface area contributed by atoms with E-state index in [1.807, 2.05) is 24.0 Å². The third-order valence-electron chi connectivity index (χ3n) is 14.8. The highest BCUT2D eigenvalue weighted by Crippen LogP contribution is 2.39. The van der Waals surface area contributed by atoms with Crippen molar-refractivity contribution in [1.82, 2.24) is 44.3 Å². The number of nitrogens with zero attached hydrogens (tertiary/aromatic N) is 9. The molecule has 0 bridgehead atoms. The van der Waals surface area contributed by atoms with Crippen LogP contribution in [-0.4, -0.2) is 113 Å². The van der Waals surface area contributed by atoms with E-state index in [9.17, 15) is 24.3 Å². The number of allylic oxidation sites excluding steroid dienone is 1. The number of benzene rings is 2. The predicted molar refractivity (Wildman–Crippen MR) is 241 cm³/mol. The molecular formula is C48H52FN11O5. The average molecular weight is 882 g/mol. The van der Waals surface area contributed by atoms with Crippen LogP contribution in [0.4, 0.5) is 21.7 Å². The zero-order valence-corrected chi connectivity index (χ0v) is 36.4. The smallest absolute Gasteiger partial charge is 0.278 e. The van der Waals surface area contributed by atoms with Crippen LogP contribution in [0.5, 0.6) is 0 Å². The standard InChI is InChI=1S/C48H52FN11O5/c1-3-16-59-46(64)36-23-50-47(54-43(36)60(59)40-9-6-29-11-15-48(65,4-2)42(29)52-40)51-32-7-5-28-12-17-56(24-30(28)20-32)33-13-18-55(19-14-33)34-26-57(27-34)39-21-31-25-58(45(63)35(31)22-37(39)49)38-8-10-41(61)53-44(38)62/h3,5-7,9,20-23,33-34,38,65H,1,4,8,10-19,24-27H2,2H3,(H,50,51,54)(H,53,61,62)/t38?,48-/m1/s1. The highest BCUT2D eigenvalue weighted by atomic mass is 19.1. The number of anilines is 3. The minimum Gasteiger partial charge on any atom is -0.384 e. The van der Waals surface area contributed by atoms with Gasteiger partial charge in [-0.2, -0.15) is 4.98 Å². The van der Waals surface area contributed by atoms with E-state index in [1.54, 1.807) is 27.7 Å². The largest absolute Gasteiger partial charge is 0.384 e. The van der Waals surface area contributed by atoms with Crippen LogP contribution in [-0.2, 0) is 47.7 Å². The van der Waals surface area contributed by atoms with Crippen LogP contribution < -0.4 is 21.1 Å². The van der Waals surface area contributed by atoms with Gasteiger partial charge in [0.05, 0.1) is 17.9 Å². The van der Waals surface area contributed by atoms with Gasteiger partial charge in [-0.05, 0) is 97.5 Å². The lowest BCUT2D eigenvalue weighted by Crippen LogP contribution is -2.62. The van der Waals surface area contributed by atoms with Crippen molar-refractivity contribution in [3.8, 4) is 5.82 Å². The van der Waals surface area contributed by atoms with Gasteiger partial charge in [0.25, 0.3) is 11.5 Å². The van der Waals surface area contributed by atoms with Gasteiger partial charge in [0.2, 0.25) is 17.8 Å². The maximum Gasteiger partial charge on any atom is 0.278 e. The number of nitrogens with one attached hydrogen (secondary N) is 2. The maximum atomic E-state index is 15.5. The first-order valence-electron chi connectivity index (χ1n) is 22.9. The predicted octanol–water partition coefficient (Wildman–Crippen LogP) is 4.06. The van der Waals surface area contributed by atoms with Gasteiger partial charge >= 0.3 is 0 Å². The number of carbonyl (C=O) groups is 3. The molecule has 0 radical (unpaired) electrons. The van der Waals surface area contributed by atoms with Gasteiger partial charge in [-0.1, -0.05) is 25.1 Å². The molecule has 3 saturated heterocycles. The summed E-state index contributed by atoms with van der Waals surface area (Å²) in [6.45, 7) is 11.5. The van der Waals surface area contributed by atoms with Crippen molar-refractivity contribution < 1.29 is 23.9 Å². The number of rotatable bonds is 10. The number of hydrogen-bond donors (Lipinski definition) is 3. The molecule has 5 aliphatic heterocycles.